The number of likely N-dealkylation sites (N-methyl/N-ethyl adjacent to an activating group) is 1. The molecule has 2 nitrogen and oxygen atoms in total. The standard InChI is InChI=1S/C26H39NO/c1-18-6-8-21-20(16-18)7-9-23-22(21)12-13-26(3)24(10-11-25(23)26)19(2)17-28-15-14-27(4)5/h6,8,16,22-23,25H,7,9-15,17H2,1-5H3/b24-19+. The molecule has 1 aromatic rings. The third-order valence-electron chi connectivity index (χ3n) is 8.18. The Morgan fingerprint density at radius 2 is 2.00 bits per heavy atom. The molecule has 0 N–H and O–H groups in total. The molecule has 0 spiro atoms. The van der Waals surface area contributed by atoms with Gasteiger partial charge in [-0.2, -0.15) is 0 Å². The summed E-state index contributed by atoms with van der Waals surface area (Å²) >= 11 is 0. The van der Waals surface area contributed by atoms with Crippen LogP contribution < -0.4 is 0 Å². The van der Waals surface area contributed by atoms with Crippen LogP contribution in [-0.4, -0.2) is 38.8 Å². The van der Waals surface area contributed by atoms with Crippen LogP contribution in [0.4, 0.5) is 0 Å². The van der Waals surface area contributed by atoms with Crippen LogP contribution >= 0.6 is 0 Å². The van der Waals surface area contributed by atoms with Crippen LogP contribution in [0.2, 0.25) is 0 Å². The molecule has 2 fully saturated rings. The van der Waals surface area contributed by atoms with Crippen molar-refractivity contribution in [2.45, 2.75) is 65.2 Å². The second-order valence-corrected chi connectivity index (χ2v) is 10.2. The second-order valence-electron chi connectivity index (χ2n) is 10.2. The Bertz CT molecular complexity index is 749. The molecule has 0 heterocycles. The van der Waals surface area contributed by atoms with Crippen molar-refractivity contribution in [1.29, 1.82) is 0 Å². The fraction of sp³-hybridized carbons (Fsp3) is 0.692. The summed E-state index contributed by atoms with van der Waals surface area (Å²) in [6, 6.07) is 7.25. The third kappa shape index (κ3) is 3.59. The van der Waals surface area contributed by atoms with Crippen molar-refractivity contribution < 1.29 is 4.74 Å². The fourth-order valence-electron chi connectivity index (χ4n) is 6.78. The van der Waals surface area contributed by atoms with Gasteiger partial charge in [0.1, 0.15) is 0 Å². The van der Waals surface area contributed by atoms with Gasteiger partial charge in [0.15, 0.2) is 0 Å². The number of fused-ring (bicyclic) bond motifs is 5. The summed E-state index contributed by atoms with van der Waals surface area (Å²) in [5, 5.41) is 0. The van der Waals surface area contributed by atoms with E-state index in [1.165, 1.54) is 49.7 Å². The van der Waals surface area contributed by atoms with E-state index in [4.69, 9.17) is 4.74 Å². The molecule has 4 atom stereocenters. The number of allylic oxidation sites excluding steroid dienone is 1. The summed E-state index contributed by atoms with van der Waals surface area (Å²) in [6.07, 6.45) is 8.10. The summed E-state index contributed by atoms with van der Waals surface area (Å²) in [6.45, 7) is 9.82. The molecule has 3 aliphatic rings. The Kier molecular flexibility index (Phi) is 5.73. The molecule has 0 bridgehead atoms. The van der Waals surface area contributed by atoms with Crippen molar-refractivity contribution in [3.8, 4) is 0 Å². The summed E-state index contributed by atoms with van der Waals surface area (Å²) in [5.74, 6) is 2.56. The molecule has 2 heteroatoms. The smallest absolute Gasteiger partial charge is 0.0677 e. The van der Waals surface area contributed by atoms with Crippen molar-refractivity contribution in [3.63, 3.8) is 0 Å². The van der Waals surface area contributed by atoms with E-state index < -0.39 is 0 Å². The van der Waals surface area contributed by atoms with Gasteiger partial charge in [-0.1, -0.05) is 36.3 Å². The maximum Gasteiger partial charge on any atom is 0.0677 e. The van der Waals surface area contributed by atoms with E-state index in [0.717, 1.165) is 37.5 Å². The van der Waals surface area contributed by atoms with Crippen LogP contribution in [0, 0.1) is 24.2 Å². The average Bonchev–Trinajstić information content (AvgIpc) is 3.01. The van der Waals surface area contributed by atoms with Gasteiger partial charge in [0.2, 0.25) is 0 Å². The van der Waals surface area contributed by atoms with E-state index in [2.05, 4.69) is 58.0 Å². The molecule has 4 rings (SSSR count). The van der Waals surface area contributed by atoms with E-state index in [1.807, 2.05) is 0 Å². The Balaban J connectivity index is 1.51. The number of hydrogen-bond donors (Lipinski definition) is 0. The normalized spacial score (nSPS) is 33.4. The first-order chi connectivity index (χ1) is 13.4. The van der Waals surface area contributed by atoms with Crippen molar-refractivity contribution in [2.75, 3.05) is 33.9 Å². The van der Waals surface area contributed by atoms with Crippen LogP contribution in [-0.2, 0) is 11.2 Å². The molecule has 0 radical (unpaired) electrons. The van der Waals surface area contributed by atoms with Crippen LogP contribution in [0.5, 0.6) is 0 Å². The molecular formula is C26H39NO. The Hall–Kier alpha value is -1.12. The lowest BCUT2D eigenvalue weighted by Crippen LogP contribution is -2.40. The van der Waals surface area contributed by atoms with Crippen LogP contribution in [0.25, 0.3) is 0 Å². The van der Waals surface area contributed by atoms with Gasteiger partial charge in [-0.25, -0.2) is 0 Å². The van der Waals surface area contributed by atoms with E-state index >= 15 is 0 Å². The molecule has 3 aliphatic carbocycles. The second kappa shape index (κ2) is 7.95. The zero-order chi connectivity index (χ0) is 19.9. The molecule has 0 aromatic heterocycles. The Labute approximate surface area is 172 Å². The van der Waals surface area contributed by atoms with E-state index in [-0.39, 0.29) is 0 Å². The largest absolute Gasteiger partial charge is 0.376 e. The quantitative estimate of drug-likeness (QED) is 0.476. The first kappa shape index (κ1) is 20.2. The highest BCUT2D eigenvalue weighted by molar-refractivity contribution is 5.39. The lowest BCUT2D eigenvalue weighted by molar-refractivity contribution is 0.0792. The molecule has 2 saturated carbocycles. The SMILES string of the molecule is C/C(COCCN(C)C)=C1/CCC2C3CCc4cc(C)ccc4C3CCC12C. The topological polar surface area (TPSA) is 12.5 Å². The number of nitrogens with zero attached hydrogens (tertiary/aromatic N) is 1. The number of rotatable bonds is 5. The monoisotopic (exact) mass is 381 g/mol. The number of hydrogen-bond acceptors (Lipinski definition) is 2. The Morgan fingerprint density at radius 1 is 1.18 bits per heavy atom. The van der Waals surface area contributed by atoms with Gasteiger partial charge in [0.05, 0.1) is 13.2 Å². The highest BCUT2D eigenvalue weighted by Crippen LogP contribution is 2.63. The minimum absolute atomic E-state index is 0.415. The van der Waals surface area contributed by atoms with Crippen LogP contribution in [0.3, 0.4) is 0 Å². The van der Waals surface area contributed by atoms with Crippen molar-refractivity contribution >= 4 is 0 Å². The maximum absolute atomic E-state index is 6.01. The van der Waals surface area contributed by atoms with Gasteiger partial charge >= 0.3 is 0 Å². The van der Waals surface area contributed by atoms with Gasteiger partial charge in [-0.3, -0.25) is 0 Å². The van der Waals surface area contributed by atoms with Crippen molar-refractivity contribution in [3.05, 3.63) is 46.0 Å². The zero-order valence-electron chi connectivity index (χ0n) is 18.7. The predicted molar refractivity (Wildman–Crippen MR) is 118 cm³/mol. The molecule has 0 aliphatic heterocycles. The summed E-state index contributed by atoms with van der Waals surface area (Å²) < 4.78 is 6.01. The van der Waals surface area contributed by atoms with Gasteiger partial charge in [0.25, 0.3) is 0 Å². The molecular weight excluding hydrogens is 342 g/mol. The van der Waals surface area contributed by atoms with Crippen molar-refractivity contribution in [1.82, 2.24) is 4.90 Å². The number of aryl methyl sites for hydroxylation is 2. The maximum atomic E-state index is 6.01. The highest BCUT2D eigenvalue weighted by atomic mass is 16.5. The van der Waals surface area contributed by atoms with E-state index in [1.54, 1.807) is 16.7 Å². The van der Waals surface area contributed by atoms with E-state index in [9.17, 15) is 0 Å². The average molecular weight is 382 g/mol. The Morgan fingerprint density at radius 3 is 2.79 bits per heavy atom. The summed E-state index contributed by atoms with van der Waals surface area (Å²) in [5.41, 5.74) is 8.44. The fourth-order valence-corrected chi connectivity index (χ4v) is 6.78. The minimum atomic E-state index is 0.415. The summed E-state index contributed by atoms with van der Waals surface area (Å²) in [4.78, 5) is 2.19. The highest BCUT2D eigenvalue weighted by Gasteiger charge is 2.52. The van der Waals surface area contributed by atoms with Gasteiger partial charge < -0.3 is 9.64 Å². The molecule has 0 saturated heterocycles. The third-order valence-corrected chi connectivity index (χ3v) is 8.18. The molecule has 1 aromatic carbocycles. The molecule has 0 amide bonds. The lowest BCUT2D eigenvalue weighted by atomic mass is 9.55. The predicted octanol–water partition coefficient (Wildman–Crippen LogP) is 5.75. The number of benzene rings is 1. The van der Waals surface area contributed by atoms with Gasteiger partial charge in [0, 0.05) is 6.54 Å². The molecule has 4 unspecified atom stereocenters. The first-order valence-electron chi connectivity index (χ1n) is 11.4. The number of ether oxygens (including phenoxy) is 1. The van der Waals surface area contributed by atoms with Crippen LogP contribution in [0.1, 0.15) is 68.6 Å². The van der Waals surface area contributed by atoms with Crippen molar-refractivity contribution in [2.24, 2.45) is 17.3 Å². The van der Waals surface area contributed by atoms with Gasteiger partial charge in [-0.15, -0.1) is 0 Å². The minimum Gasteiger partial charge on any atom is -0.376 e. The van der Waals surface area contributed by atoms with Gasteiger partial charge in [-0.05, 0) is 106 Å². The zero-order valence-corrected chi connectivity index (χ0v) is 18.7. The first-order valence-corrected chi connectivity index (χ1v) is 11.4. The van der Waals surface area contributed by atoms with E-state index in [0.29, 0.717) is 5.41 Å². The van der Waals surface area contributed by atoms with Crippen LogP contribution in [0.15, 0.2) is 29.3 Å². The molecule has 28 heavy (non-hydrogen) atoms. The lowest BCUT2D eigenvalue weighted by Gasteiger charge is -2.50. The summed E-state index contributed by atoms with van der Waals surface area (Å²) in [7, 11) is 4.22. The molecule has 154 valence electrons.